The predicted molar refractivity (Wildman–Crippen MR) is 83.2 cm³/mol. The number of nitrogens with one attached hydrogen (secondary N) is 1. The largest absolute Gasteiger partial charge is 0.271 e. The van der Waals surface area contributed by atoms with Crippen molar-refractivity contribution in [1.82, 2.24) is 5.43 Å². The Hall–Kier alpha value is -1.16. The molecule has 0 amide bonds. The van der Waals surface area contributed by atoms with E-state index in [-0.39, 0.29) is 11.5 Å². The van der Waals surface area contributed by atoms with Gasteiger partial charge in [0.05, 0.1) is 0 Å². The summed E-state index contributed by atoms with van der Waals surface area (Å²) in [5.74, 6) is 5.79. The molecule has 1 unspecified atom stereocenters. The molecular weight excluding hydrogens is 252 g/mol. The Labute approximate surface area is 119 Å². The Balaban J connectivity index is 2.07. The zero-order valence-corrected chi connectivity index (χ0v) is 12.4. The molecule has 0 aliphatic heterocycles. The summed E-state index contributed by atoms with van der Waals surface area (Å²) in [4.78, 5) is 0. The van der Waals surface area contributed by atoms with Crippen molar-refractivity contribution in [3.63, 3.8) is 0 Å². The van der Waals surface area contributed by atoms with Crippen LogP contribution in [0.15, 0.2) is 47.2 Å². The van der Waals surface area contributed by atoms with Crippen molar-refractivity contribution in [2.75, 3.05) is 0 Å². The molecule has 0 bridgehead atoms. The van der Waals surface area contributed by atoms with E-state index < -0.39 is 0 Å². The zero-order chi connectivity index (χ0) is 13.7. The molecule has 3 N–H and O–H groups in total. The lowest BCUT2D eigenvalue weighted by molar-refractivity contribution is 0.326. The van der Waals surface area contributed by atoms with Gasteiger partial charge in [-0.1, -0.05) is 44.2 Å². The monoisotopic (exact) mass is 274 g/mol. The molecule has 2 nitrogen and oxygen atoms in total. The molecule has 0 spiro atoms. The van der Waals surface area contributed by atoms with Gasteiger partial charge in [0, 0.05) is 11.5 Å². The Bertz CT molecular complexity index is 477. The second-order valence-corrected chi connectivity index (χ2v) is 6.26. The molecule has 0 saturated carbocycles. The summed E-state index contributed by atoms with van der Waals surface area (Å²) in [6.07, 6.45) is 2.10. The van der Waals surface area contributed by atoms with Crippen LogP contribution in [-0.2, 0) is 11.8 Å². The first-order valence-electron chi connectivity index (χ1n) is 6.67. The van der Waals surface area contributed by atoms with Crippen molar-refractivity contribution in [3.05, 3.63) is 58.3 Å². The SMILES string of the molecule is CC(C)(c1ccccc1)C(CCc1ccsc1)NN. The van der Waals surface area contributed by atoms with E-state index in [0.717, 1.165) is 12.8 Å². The summed E-state index contributed by atoms with van der Waals surface area (Å²) in [5, 5.41) is 4.34. The summed E-state index contributed by atoms with van der Waals surface area (Å²) in [5.41, 5.74) is 5.75. The summed E-state index contributed by atoms with van der Waals surface area (Å²) in [6.45, 7) is 4.50. The number of rotatable bonds is 6. The Morgan fingerprint density at radius 1 is 1.21 bits per heavy atom. The number of thiophene rings is 1. The van der Waals surface area contributed by atoms with Gasteiger partial charge in [0.1, 0.15) is 0 Å². The highest BCUT2D eigenvalue weighted by Crippen LogP contribution is 2.29. The minimum absolute atomic E-state index is 0.0199. The van der Waals surface area contributed by atoms with Gasteiger partial charge in [0.2, 0.25) is 0 Å². The highest BCUT2D eigenvalue weighted by Gasteiger charge is 2.30. The highest BCUT2D eigenvalue weighted by molar-refractivity contribution is 7.07. The first-order chi connectivity index (χ1) is 9.14. The quantitative estimate of drug-likeness (QED) is 0.625. The van der Waals surface area contributed by atoms with Crippen LogP contribution in [0.25, 0.3) is 0 Å². The third kappa shape index (κ3) is 3.44. The maximum atomic E-state index is 5.79. The average Bonchev–Trinajstić information content (AvgIpc) is 2.93. The normalized spacial score (nSPS) is 13.4. The van der Waals surface area contributed by atoms with E-state index in [1.165, 1.54) is 11.1 Å². The van der Waals surface area contributed by atoms with Crippen LogP contribution in [0.4, 0.5) is 0 Å². The molecule has 3 heteroatoms. The third-order valence-electron chi connectivity index (χ3n) is 3.89. The minimum Gasteiger partial charge on any atom is -0.271 e. The lowest BCUT2D eigenvalue weighted by atomic mass is 9.76. The topological polar surface area (TPSA) is 38.0 Å². The van der Waals surface area contributed by atoms with Crippen LogP contribution in [0.5, 0.6) is 0 Å². The summed E-state index contributed by atoms with van der Waals surface area (Å²) >= 11 is 1.75. The van der Waals surface area contributed by atoms with Crippen LogP contribution >= 0.6 is 11.3 Å². The van der Waals surface area contributed by atoms with Crippen molar-refractivity contribution < 1.29 is 0 Å². The molecule has 1 aromatic carbocycles. The van der Waals surface area contributed by atoms with Gasteiger partial charge in [-0.05, 0) is 40.8 Å². The zero-order valence-electron chi connectivity index (χ0n) is 11.6. The highest BCUT2D eigenvalue weighted by atomic mass is 32.1. The predicted octanol–water partition coefficient (Wildman–Crippen LogP) is 3.49. The number of hydrogen-bond acceptors (Lipinski definition) is 3. The van der Waals surface area contributed by atoms with Crippen molar-refractivity contribution in [2.45, 2.75) is 38.1 Å². The van der Waals surface area contributed by atoms with Crippen molar-refractivity contribution in [2.24, 2.45) is 5.84 Å². The second-order valence-electron chi connectivity index (χ2n) is 5.48. The molecule has 0 aliphatic carbocycles. The van der Waals surface area contributed by atoms with Gasteiger partial charge < -0.3 is 0 Å². The molecule has 0 saturated heterocycles. The average molecular weight is 274 g/mol. The van der Waals surface area contributed by atoms with Gasteiger partial charge in [0.15, 0.2) is 0 Å². The molecule has 0 aliphatic rings. The van der Waals surface area contributed by atoms with Crippen molar-refractivity contribution in [1.29, 1.82) is 0 Å². The Kier molecular flexibility index (Phi) is 4.75. The van der Waals surface area contributed by atoms with Crippen LogP contribution in [0.2, 0.25) is 0 Å². The van der Waals surface area contributed by atoms with E-state index >= 15 is 0 Å². The fourth-order valence-electron chi connectivity index (χ4n) is 2.47. The van der Waals surface area contributed by atoms with E-state index in [4.69, 9.17) is 5.84 Å². The summed E-state index contributed by atoms with van der Waals surface area (Å²) in [7, 11) is 0. The van der Waals surface area contributed by atoms with Crippen molar-refractivity contribution >= 4 is 11.3 Å². The number of nitrogens with two attached hydrogens (primary N) is 1. The number of aryl methyl sites for hydroxylation is 1. The van der Waals surface area contributed by atoms with Gasteiger partial charge in [0.25, 0.3) is 0 Å². The molecule has 102 valence electrons. The van der Waals surface area contributed by atoms with Crippen LogP contribution in [0, 0.1) is 0 Å². The van der Waals surface area contributed by atoms with Crippen LogP contribution in [0.3, 0.4) is 0 Å². The lowest BCUT2D eigenvalue weighted by Gasteiger charge is -2.34. The van der Waals surface area contributed by atoms with Gasteiger partial charge in [-0.3, -0.25) is 11.3 Å². The molecule has 0 radical (unpaired) electrons. The van der Waals surface area contributed by atoms with Crippen molar-refractivity contribution in [3.8, 4) is 0 Å². The first-order valence-corrected chi connectivity index (χ1v) is 7.61. The number of hydrogen-bond donors (Lipinski definition) is 2. The smallest absolute Gasteiger partial charge is 0.0305 e. The number of benzene rings is 1. The maximum absolute atomic E-state index is 5.79. The van der Waals surface area contributed by atoms with E-state index in [9.17, 15) is 0 Å². The maximum Gasteiger partial charge on any atom is 0.0305 e. The summed E-state index contributed by atoms with van der Waals surface area (Å²) in [6, 6.07) is 13.0. The summed E-state index contributed by atoms with van der Waals surface area (Å²) < 4.78 is 0. The molecule has 2 aromatic rings. The molecule has 0 fully saturated rings. The standard InChI is InChI=1S/C16H22N2S/c1-16(2,14-6-4-3-5-7-14)15(18-17)9-8-13-10-11-19-12-13/h3-7,10-12,15,18H,8-9,17H2,1-2H3. The van der Waals surface area contributed by atoms with Gasteiger partial charge >= 0.3 is 0 Å². The van der Waals surface area contributed by atoms with E-state index in [1.54, 1.807) is 11.3 Å². The molecule has 19 heavy (non-hydrogen) atoms. The molecule has 2 rings (SSSR count). The van der Waals surface area contributed by atoms with Gasteiger partial charge in [-0.2, -0.15) is 11.3 Å². The van der Waals surface area contributed by atoms with Crippen LogP contribution < -0.4 is 11.3 Å². The molecule has 1 heterocycles. The fourth-order valence-corrected chi connectivity index (χ4v) is 3.17. The number of hydrazine groups is 1. The molecule has 1 atom stereocenters. The van der Waals surface area contributed by atoms with Gasteiger partial charge in [-0.15, -0.1) is 0 Å². The minimum atomic E-state index is 0.0199. The Morgan fingerprint density at radius 3 is 2.53 bits per heavy atom. The second kappa shape index (κ2) is 6.33. The van der Waals surface area contributed by atoms with E-state index in [1.807, 2.05) is 0 Å². The molecular formula is C16H22N2S. The van der Waals surface area contributed by atoms with E-state index in [2.05, 4.69) is 66.4 Å². The molecule has 1 aromatic heterocycles. The lowest BCUT2D eigenvalue weighted by Crippen LogP contribution is -2.48. The van der Waals surface area contributed by atoms with Crippen LogP contribution in [-0.4, -0.2) is 6.04 Å². The fraction of sp³-hybridized carbons (Fsp3) is 0.375. The van der Waals surface area contributed by atoms with Gasteiger partial charge in [-0.25, -0.2) is 0 Å². The first kappa shape index (κ1) is 14.3. The van der Waals surface area contributed by atoms with E-state index in [0.29, 0.717) is 0 Å². The van der Waals surface area contributed by atoms with Crippen LogP contribution in [0.1, 0.15) is 31.4 Å². The Morgan fingerprint density at radius 2 is 1.95 bits per heavy atom. The third-order valence-corrected chi connectivity index (χ3v) is 4.62.